The topological polar surface area (TPSA) is 42.7 Å². The summed E-state index contributed by atoms with van der Waals surface area (Å²) in [6.45, 7) is 5.43. The summed E-state index contributed by atoms with van der Waals surface area (Å²) in [6, 6.07) is 1.86. The van der Waals surface area contributed by atoms with E-state index in [2.05, 4.69) is 0 Å². The zero-order valence-corrected chi connectivity index (χ0v) is 13.3. The highest BCUT2D eigenvalue weighted by molar-refractivity contribution is 5.95. The molecule has 1 saturated carbocycles. The van der Waals surface area contributed by atoms with Crippen molar-refractivity contribution in [1.82, 2.24) is 4.90 Å². The second-order valence-electron chi connectivity index (χ2n) is 6.64. The van der Waals surface area contributed by atoms with Gasteiger partial charge in [-0.1, -0.05) is 6.42 Å². The van der Waals surface area contributed by atoms with Crippen molar-refractivity contribution in [1.29, 1.82) is 0 Å². The van der Waals surface area contributed by atoms with Crippen LogP contribution in [0.2, 0.25) is 0 Å². The Kier molecular flexibility index (Phi) is 3.82. The van der Waals surface area contributed by atoms with E-state index in [1.165, 1.54) is 19.3 Å². The molecular weight excluding hydrogens is 266 g/mol. The molecule has 2 aliphatic rings. The number of carbonyl (C=O) groups is 1. The Morgan fingerprint density at radius 1 is 1.38 bits per heavy atom. The third kappa shape index (κ3) is 2.50. The predicted molar refractivity (Wildman–Crippen MR) is 80.4 cm³/mol. The summed E-state index contributed by atoms with van der Waals surface area (Å²) in [4.78, 5) is 14.8. The smallest absolute Gasteiger partial charge is 0.257 e. The van der Waals surface area contributed by atoms with Crippen molar-refractivity contribution in [3.05, 3.63) is 23.2 Å². The maximum Gasteiger partial charge on any atom is 0.257 e. The van der Waals surface area contributed by atoms with Crippen LogP contribution >= 0.6 is 0 Å². The van der Waals surface area contributed by atoms with E-state index in [4.69, 9.17) is 9.15 Å². The molecule has 1 aliphatic carbocycles. The van der Waals surface area contributed by atoms with E-state index in [1.807, 2.05) is 31.9 Å². The van der Waals surface area contributed by atoms with Crippen LogP contribution in [0.5, 0.6) is 0 Å². The molecule has 1 aromatic rings. The maximum atomic E-state index is 12.8. The summed E-state index contributed by atoms with van der Waals surface area (Å²) in [5.41, 5.74) is 0.895. The molecule has 1 aliphatic heterocycles. The lowest BCUT2D eigenvalue weighted by Crippen LogP contribution is -2.49. The fraction of sp³-hybridized carbons (Fsp3) is 0.706. The van der Waals surface area contributed by atoms with Crippen molar-refractivity contribution in [3.63, 3.8) is 0 Å². The average Bonchev–Trinajstić information content (AvgIpc) is 3.01. The van der Waals surface area contributed by atoms with Crippen LogP contribution in [0.4, 0.5) is 0 Å². The highest BCUT2D eigenvalue weighted by Gasteiger charge is 2.46. The normalized spacial score (nSPS) is 29.3. The monoisotopic (exact) mass is 291 g/mol. The molecule has 116 valence electrons. The highest BCUT2D eigenvalue weighted by atomic mass is 16.5. The van der Waals surface area contributed by atoms with Crippen LogP contribution < -0.4 is 0 Å². The SMILES string of the molecule is CO[C@@H]1CCC[C@]12CCCN(C(=O)c1cc(C)oc1C)C2. The van der Waals surface area contributed by atoms with E-state index in [-0.39, 0.29) is 11.3 Å². The van der Waals surface area contributed by atoms with Crippen molar-refractivity contribution >= 4 is 5.91 Å². The number of likely N-dealkylation sites (tertiary alicyclic amines) is 1. The van der Waals surface area contributed by atoms with Gasteiger partial charge in [-0.05, 0) is 45.6 Å². The number of hydrogen-bond acceptors (Lipinski definition) is 3. The van der Waals surface area contributed by atoms with Crippen molar-refractivity contribution in [2.24, 2.45) is 5.41 Å². The Bertz CT molecular complexity index is 536. The number of methoxy groups -OCH3 is 1. The first-order valence-electron chi connectivity index (χ1n) is 7.95. The van der Waals surface area contributed by atoms with Crippen LogP contribution in [0.1, 0.15) is 54.0 Å². The minimum absolute atomic E-state index is 0.116. The number of nitrogens with zero attached hydrogens (tertiary/aromatic N) is 1. The number of aryl methyl sites for hydroxylation is 2. The minimum atomic E-state index is 0.116. The number of ether oxygens (including phenoxy) is 1. The van der Waals surface area contributed by atoms with Gasteiger partial charge in [0.2, 0.25) is 0 Å². The second kappa shape index (κ2) is 5.48. The first kappa shape index (κ1) is 14.6. The molecule has 3 rings (SSSR count). The van der Waals surface area contributed by atoms with Crippen LogP contribution in [0.25, 0.3) is 0 Å². The summed E-state index contributed by atoms with van der Waals surface area (Å²) >= 11 is 0. The lowest BCUT2D eigenvalue weighted by Gasteiger charge is -2.43. The van der Waals surface area contributed by atoms with Gasteiger partial charge in [0, 0.05) is 25.6 Å². The molecule has 0 radical (unpaired) electrons. The second-order valence-corrected chi connectivity index (χ2v) is 6.64. The van der Waals surface area contributed by atoms with E-state index < -0.39 is 0 Å². The molecule has 2 fully saturated rings. The fourth-order valence-corrected chi connectivity index (χ4v) is 4.29. The van der Waals surface area contributed by atoms with Gasteiger partial charge in [-0.15, -0.1) is 0 Å². The Morgan fingerprint density at radius 2 is 2.14 bits per heavy atom. The van der Waals surface area contributed by atoms with Crippen molar-refractivity contribution in [2.45, 2.75) is 52.1 Å². The third-order valence-electron chi connectivity index (χ3n) is 5.28. The largest absolute Gasteiger partial charge is 0.466 e. The van der Waals surface area contributed by atoms with Gasteiger partial charge in [-0.25, -0.2) is 0 Å². The number of carbonyl (C=O) groups excluding carboxylic acids is 1. The third-order valence-corrected chi connectivity index (χ3v) is 5.28. The van der Waals surface area contributed by atoms with E-state index in [9.17, 15) is 4.79 Å². The van der Waals surface area contributed by atoms with E-state index >= 15 is 0 Å². The number of hydrogen-bond donors (Lipinski definition) is 0. The average molecular weight is 291 g/mol. The van der Waals surface area contributed by atoms with E-state index in [0.29, 0.717) is 6.10 Å². The first-order chi connectivity index (χ1) is 10.1. The standard InChI is InChI=1S/C17H25NO3/c1-12-10-14(13(2)21-12)16(19)18-9-5-8-17(11-18)7-4-6-15(17)20-3/h10,15H,4-9,11H2,1-3H3/t15-,17-/m1/s1. The van der Waals surface area contributed by atoms with Crippen molar-refractivity contribution in [2.75, 3.05) is 20.2 Å². The predicted octanol–water partition coefficient (Wildman–Crippen LogP) is 3.32. The zero-order chi connectivity index (χ0) is 15.0. The molecule has 4 nitrogen and oxygen atoms in total. The van der Waals surface area contributed by atoms with Gasteiger partial charge in [-0.3, -0.25) is 4.79 Å². The first-order valence-corrected chi connectivity index (χ1v) is 7.95. The number of amides is 1. The maximum absolute atomic E-state index is 12.8. The Balaban J connectivity index is 1.80. The molecule has 4 heteroatoms. The summed E-state index contributed by atoms with van der Waals surface area (Å²) in [7, 11) is 1.81. The van der Waals surface area contributed by atoms with Gasteiger partial charge in [-0.2, -0.15) is 0 Å². The van der Waals surface area contributed by atoms with Gasteiger partial charge in [0.15, 0.2) is 0 Å². The molecule has 0 aromatic carbocycles. The Labute approximate surface area is 126 Å². The van der Waals surface area contributed by atoms with Gasteiger partial charge < -0.3 is 14.1 Å². The van der Waals surface area contributed by atoms with Crippen LogP contribution in [-0.4, -0.2) is 37.1 Å². The van der Waals surface area contributed by atoms with Crippen LogP contribution in [0.15, 0.2) is 10.5 Å². The number of piperidine rings is 1. The van der Waals surface area contributed by atoms with E-state index in [0.717, 1.165) is 43.0 Å². The summed E-state index contributed by atoms with van der Waals surface area (Å²) in [5.74, 6) is 1.65. The number of furan rings is 1. The van der Waals surface area contributed by atoms with E-state index in [1.54, 1.807) is 0 Å². The Morgan fingerprint density at radius 3 is 2.81 bits per heavy atom. The summed E-state index contributed by atoms with van der Waals surface area (Å²) in [5, 5.41) is 0. The zero-order valence-electron chi connectivity index (χ0n) is 13.3. The van der Waals surface area contributed by atoms with Gasteiger partial charge in [0.1, 0.15) is 11.5 Å². The molecule has 0 unspecified atom stereocenters. The van der Waals surface area contributed by atoms with Gasteiger partial charge in [0.05, 0.1) is 11.7 Å². The van der Waals surface area contributed by atoms with Crippen LogP contribution in [0.3, 0.4) is 0 Å². The molecule has 1 aromatic heterocycles. The van der Waals surface area contributed by atoms with Gasteiger partial charge >= 0.3 is 0 Å². The molecular formula is C17H25NO3. The summed E-state index contributed by atoms with van der Waals surface area (Å²) in [6.07, 6.45) is 6.08. The van der Waals surface area contributed by atoms with Crippen molar-refractivity contribution < 1.29 is 13.9 Å². The fourth-order valence-electron chi connectivity index (χ4n) is 4.29. The molecule has 1 saturated heterocycles. The molecule has 0 bridgehead atoms. The molecule has 2 heterocycles. The summed E-state index contributed by atoms with van der Waals surface area (Å²) < 4.78 is 11.2. The molecule has 1 amide bonds. The molecule has 2 atom stereocenters. The van der Waals surface area contributed by atoms with Gasteiger partial charge in [0.25, 0.3) is 5.91 Å². The van der Waals surface area contributed by atoms with Crippen molar-refractivity contribution in [3.8, 4) is 0 Å². The molecule has 21 heavy (non-hydrogen) atoms. The van der Waals surface area contributed by atoms with Crippen LogP contribution in [-0.2, 0) is 4.74 Å². The highest BCUT2D eigenvalue weighted by Crippen LogP contribution is 2.46. The van der Waals surface area contributed by atoms with Crippen LogP contribution in [0, 0.1) is 19.3 Å². The lowest BCUT2D eigenvalue weighted by atomic mass is 9.76. The minimum Gasteiger partial charge on any atom is -0.466 e. The lowest BCUT2D eigenvalue weighted by molar-refractivity contribution is -0.0295. The molecule has 1 spiro atoms. The quantitative estimate of drug-likeness (QED) is 0.839. The molecule has 0 N–H and O–H groups in total. The Hall–Kier alpha value is -1.29. The number of rotatable bonds is 2.